The molecule has 0 aliphatic carbocycles. The van der Waals surface area contributed by atoms with Crippen LogP contribution in [0.4, 0.5) is 5.69 Å². The quantitative estimate of drug-likeness (QED) is 0.650. The van der Waals surface area contributed by atoms with Gasteiger partial charge in [0.25, 0.3) is 0 Å². The predicted molar refractivity (Wildman–Crippen MR) is 114 cm³/mol. The van der Waals surface area contributed by atoms with E-state index in [1.807, 2.05) is 42.2 Å². The number of thioether (sulfide) groups is 1. The molecule has 2 heterocycles. The van der Waals surface area contributed by atoms with Crippen molar-refractivity contribution in [1.29, 1.82) is 0 Å². The van der Waals surface area contributed by atoms with Gasteiger partial charge < -0.3 is 4.90 Å². The molecule has 144 valence electrons. The minimum absolute atomic E-state index is 0.0982. The molecule has 2 aromatic carbocycles. The van der Waals surface area contributed by atoms with Crippen LogP contribution in [0.3, 0.4) is 0 Å². The van der Waals surface area contributed by atoms with E-state index < -0.39 is 0 Å². The van der Waals surface area contributed by atoms with Crippen LogP contribution >= 0.6 is 11.8 Å². The summed E-state index contributed by atoms with van der Waals surface area (Å²) < 4.78 is 0. The zero-order valence-electron chi connectivity index (χ0n) is 16.3. The molecule has 2 atom stereocenters. The number of aryl methyl sites for hydroxylation is 1. The molecule has 1 N–H and O–H groups in total. The number of fused-ring (bicyclic) bond motifs is 1. The average molecular weight is 393 g/mol. The number of amides is 1. The Morgan fingerprint density at radius 1 is 1.25 bits per heavy atom. The maximum absolute atomic E-state index is 13.1. The molecule has 0 bridgehead atoms. The standard InChI is InChI=1S/C22H24N4OS/c1-4-16-9-11-17(12-10-16)20-23-22(25-24-20)28-15(3)21(27)26-14(2)13-18-7-5-6-8-19(18)26/h5-12,14-15H,4,13H2,1-3H3,(H,23,24,25)/t14-,15-/m0/s1. The van der Waals surface area contributed by atoms with Crippen molar-refractivity contribution in [2.75, 3.05) is 4.90 Å². The summed E-state index contributed by atoms with van der Waals surface area (Å²) in [6.45, 7) is 6.16. The summed E-state index contributed by atoms with van der Waals surface area (Å²) in [5, 5.41) is 7.62. The van der Waals surface area contributed by atoms with Gasteiger partial charge in [-0.3, -0.25) is 9.89 Å². The second-order valence-corrected chi connectivity index (χ2v) is 8.48. The van der Waals surface area contributed by atoms with E-state index in [-0.39, 0.29) is 17.2 Å². The number of aromatic nitrogens is 3. The Morgan fingerprint density at radius 3 is 2.75 bits per heavy atom. The second-order valence-electron chi connectivity index (χ2n) is 7.17. The summed E-state index contributed by atoms with van der Waals surface area (Å²) in [5.74, 6) is 0.825. The van der Waals surface area contributed by atoms with Crippen molar-refractivity contribution < 1.29 is 4.79 Å². The van der Waals surface area contributed by atoms with Gasteiger partial charge in [-0.2, -0.15) is 0 Å². The first-order chi connectivity index (χ1) is 13.6. The molecule has 1 aliphatic heterocycles. The molecular formula is C22H24N4OS. The molecule has 5 nitrogen and oxygen atoms in total. The first kappa shape index (κ1) is 18.7. The Hall–Kier alpha value is -2.60. The monoisotopic (exact) mass is 392 g/mol. The number of nitrogens with zero attached hydrogens (tertiary/aromatic N) is 3. The topological polar surface area (TPSA) is 61.9 Å². The van der Waals surface area contributed by atoms with Crippen LogP contribution in [-0.4, -0.2) is 32.4 Å². The van der Waals surface area contributed by atoms with Gasteiger partial charge in [0.05, 0.1) is 5.25 Å². The molecule has 6 heteroatoms. The maximum atomic E-state index is 13.1. The zero-order valence-corrected chi connectivity index (χ0v) is 17.2. The molecule has 0 fully saturated rings. The summed E-state index contributed by atoms with van der Waals surface area (Å²) in [6, 6.07) is 16.6. The summed E-state index contributed by atoms with van der Waals surface area (Å²) in [7, 11) is 0. The van der Waals surface area contributed by atoms with Crippen molar-refractivity contribution >= 4 is 23.4 Å². The van der Waals surface area contributed by atoms with Crippen molar-refractivity contribution in [3.8, 4) is 11.4 Å². The third kappa shape index (κ3) is 3.56. The molecule has 28 heavy (non-hydrogen) atoms. The van der Waals surface area contributed by atoms with Crippen molar-refractivity contribution in [1.82, 2.24) is 15.2 Å². The SMILES string of the molecule is CCc1ccc(-c2nc(S[C@@H](C)C(=O)N3c4ccccc4C[C@@H]3C)n[nH]2)cc1. The van der Waals surface area contributed by atoms with Crippen LogP contribution in [0.5, 0.6) is 0 Å². The molecule has 1 amide bonds. The highest BCUT2D eigenvalue weighted by Gasteiger charge is 2.33. The van der Waals surface area contributed by atoms with Crippen LogP contribution in [0.15, 0.2) is 53.7 Å². The normalized spacial score (nSPS) is 16.8. The van der Waals surface area contributed by atoms with Crippen molar-refractivity contribution in [2.45, 2.75) is 50.1 Å². The number of para-hydroxylation sites is 1. The van der Waals surface area contributed by atoms with Gasteiger partial charge in [-0.1, -0.05) is 61.2 Å². The van der Waals surface area contributed by atoms with E-state index in [0.29, 0.717) is 5.16 Å². The molecule has 1 aromatic heterocycles. The van der Waals surface area contributed by atoms with Crippen LogP contribution in [0.25, 0.3) is 11.4 Å². The molecule has 4 rings (SSSR count). The molecule has 3 aromatic rings. The fourth-order valence-electron chi connectivity index (χ4n) is 3.63. The van der Waals surface area contributed by atoms with Gasteiger partial charge in [-0.15, -0.1) is 5.10 Å². The number of rotatable bonds is 5. The Kier molecular flexibility index (Phi) is 5.22. The maximum Gasteiger partial charge on any atom is 0.240 e. The van der Waals surface area contributed by atoms with E-state index in [1.54, 1.807) is 0 Å². The molecule has 1 aliphatic rings. The molecule has 0 unspecified atom stereocenters. The lowest BCUT2D eigenvalue weighted by atomic mass is 10.1. The molecule has 0 spiro atoms. The Morgan fingerprint density at radius 2 is 2.00 bits per heavy atom. The van der Waals surface area contributed by atoms with Gasteiger partial charge in [0, 0.05) is 17.3 Å². The summed E-state index contributed by atoms with van der Waals surface area (Å²) in [6.07, 6.45) is 1.91. The van der Waals surface area contributed by atoms with Gasteiger partial charge in [0.2, 0.25) is 11.1 Å². The fraction of sp³-hybridized carbons (Fsp3) is 0.318. The lowest BCUT2D eigenvalue weighted by Gasteiger charge is -2.25. The third-order valence-corrected chi connectivity index (χ3v) is 6.12. The number of nitrogens with one attached hydrogen (secondary N) is 1. The first-order valence-corrected chi connectivity index (χ1v) is 10.5. The van der Waals surface area contributed by atoms with E-state index >= 15 is 0 Å². The molecular weight excluding hydrogens is 368 g/mol. The van der Waals surface area contributed by atoms with Crippen LogP contribution in [0.2, 0.25) is 0 Å². The Labute approximate surface area is 169 Å². The highest BCUT2D eigenvalue weighted by molar-refractivity contribution is 8.00. The lowest BCUT2D eigenvalue weighted by molar-refractivity contribution is -0.118. The number of benzene rings is 2. The van der Waals surface area contributed by atoms with E-state index in [2.05, 4.69) is 47.2 Å². The minimum Gasteiger partial charge on any atom is -0.308 e. The fourth-order valence-corrected chi connectivity index (χ4v) is 4.41. The molecule has 0 saturated heterocycles. The van der Waals surface area contributed by atoms with Crippen LogP contribution in [0, 0.1) is 0 Å². The summed E-state index contributed by atoms with van der Waals surface area (Å²) in [4.78, 5) is 19.6. The molecule has 0 saturated carbocycles. The number of aromatic amines is 1. The van der Waals surface area contributed by atoms with Crippen LogP contribution in [0.1, 0.15) is 31.9 Å². The van der Waals surface area contributed by atoms with Gasteiger partial charge in [-0.25, -0.2) is 4.98 Å². The smallest absolute Gasteiger partial charge is 0.240 e. The third-order valence-electron chi connectivity index (χ3n) is 5.18. The number of carbonyl (C=O) groups is 1. The van der Waals surface area contributed by atoms with Gasteiger partial charge >= 0.3 is 0 Å². The number of hydrogen-bond acceptors (Lipinski definition) is 4. The van der Waals surface area contributed by atoms with Crippen LogP contribution < -0.4 is 4.90 Å². The van der Waals surface area contributed by atoms with Gasteiger partial charge in [0.1, 0.15) is 0 Å². The number of hydrogen-bond donors (Lipinski definition) is 1. The van der Waals surface area contributed by atoms with E-state index in [0.717, 1.165) is 29.9 Å². The lowest BCUT2D eigenvalue weighted by Crippen LogP contribution is -2.40. The van der Waals surface area contributed by atoms with Gasteiger partial charge in [-0.05, 0) is 43.9 Å². The molecule has 0 radical (unpaired) electrons. The number of carbonyl (C=O) groups excluding carboxylic acids is 1. The van der Waals surface area contributed by atoms with E-state index in [9.17, 15) is 4.79 Å². The van der Waals surface area contributed by atoms with Crippen molar-refractivity contribution in [3.05, 3.63) is 59.7 Å². The minimum atomic E-state index is -0.264. The highest BCUT2D eigenvalue weighted by atomic mass is 32.2. The first-order valence-electron chi connectivity index (χ1n) is 9.66. The number of H-pyrrole nitrogens is 1. The summed E-state index contributed by atoms with van der Waals surface area (Å²) in [5.41, 5.74) is 4.55. The zero-order chi connectivity index (χ0) is 19.7. The highest BCUT2D eigenvalue weighted by Crippen LogP contribution is 2.34. The van der Waals surface area contributed by atoms with Crippen LogP contribution in [-0.2, 0) is 17.6 Å². The van der Waals surface area contributed by atoms with Crippen molar-refractivity contribution in [2.24, 2.45) is 0 Å². The average Bonchev–Trinajstić information content (AvgIpc) is 3.31. The Balaban J connectivity index is 1.47. The van der Waals surface area contributed by atoms with Gasteiger partial charge in [0.15, 0.2) is 5.82 Å². The van der Waals surface area contributed by atoms with E-state index in [1.165, 1.54) is 22.9 Å². The van der Waals surface area contributed by atoms with Crippen molar-refractivity contribution in [3.63, 3.8) is 0 Å². The summed E-state index contributed by atoms with van der Waals surface area (Å²) >= 11 is 1.39. The number of anilines is 1. The van der Waals surface area contributed by atoms with E-state index in [4.69, 9.17) is 0 Å². The second kappa shape index (κ2) is 7.80. The Bertz CT molecular complexity index is 982. The predicted octanol–water partition coefficient (Wildman–Crippen LogP) is 4.49. The largest absolute Gasteiger partial charge is 0.308 e.